The number of anilines is 3. The summed E-state index contributed by atoms with van der Waals surface area (Å²) >= 11 is 0. The van der Waals surface area contributed by atoms with Gasteiger partial charge in [0.2, 0.25) is 5.82 Å². The first-order chi connectivity index (χ1) is 10.2. The Hall–Kier alpha value is -2.63. The fourth-order valence-electron chi connectivity index (χ4n) is 2.73. The summed E-state index contributed by atoms with van der Waals surface area (Å²) in [7, 11) is 0. The van der Waals surface area contributed by atoms with Gasteiger partial charge in [0.05, 0.1) is 6.20 Å². The summed E-state index contributed by atoms with van der Waals surface area (Å²) in [5, 5.41) is 15.2. The third kappa shape index (κ3) is 1.75. The summed E-state index contributed by atoms with van der Waals surface area (Å²) in [6.07, 6.45) is 5.12. The quantitative estimate of drug-likeness (QED) is 0.640. The number of aryl methyl sites for hydroxylation is 1. The first kappa shape index (κ1) is 12.1. The van der Waals surface area contributed by atoms with Crippen molar-refractivity contribution in [2.45, 2.75) is 25.8 Å². The van der Waals surface area contributed by atoms with Gasteiger partial charge in [0.15, 0.2) is 0 Å². The SMILES string of the molecule is Cc1cc[n+]([O-])c2c1NC(=O)c1cccnc1N2C1CC1. The standard InChI is InChI=1S/C15H14N4O2/c1-9-6-8-18(21)15-12(9)17-14(20)11-3-2-7-16-13(11)19(15)10-4-5-10/h2-3,6-8,10H,4-5H2,1H3,(H,17,20). The molecule has 1 aliphatic carbocycles. The van der Waals surface area contributed by atoms with E-state index < -0.39 is 0 Å². The molecule has 1 amide bonds. The van der Waals surface area contributed by atoms with Crippen LogP contribution in [0, 0.1) is 12.1 Å². The van der Waals surface area contributed by atoms with Crippen LogP contribution in [0.1, 0.15) is 28.8 Å². The first-order valence-electron chi connectivity index (χ1n) is 6.95. The molecule has 3 heterocycles. The average molecular weight is 282 g/mol. The molecule has 106 valence electrons. The molecule has 1 aliphatic heterocycles. The maximum Gasteiger partial charge on any atom is 0.310 e. The summed E-state index contributed by atoms with van der Waals surface area (Å²) in [6, 6.07) is 5.41. The van der Waals surface area contributed by atoms with Crippen molar-refractivity contribution in [3.63, 3.8) is 0 Å². The van der Waals surface area contributed by atoms with Crippen LogP contribution in [-0.4, -0.2) is 16.9 Å². The predicted molar refractivity (Wildman–Crippen MR) is 77.5 cm³/mol. The monoisotopic (exact) mass is 282 g/mol. The number of hydrogen-bond donors (Lipinski definition) is 1. The zero-order valence-electron chi connectivity index (χ0n) is 11.5. The molecule has 0 saturated heterocycles. The molecule has 0 radical (unpaired) electrons. The van der Waals surface area contributed by atoms with Gasteiger partial charge in [0.1, 0.15) is 17.3 Å². The van der Waals surface area contributed by atoms with E-state index in [4.69, 9.17) is 0 Å². The Bertz CT molecular complexity index is 755. The largest absolute Gasteiger partial charge is 0.711 e. The summed E-state index contributed by atoms with van der Waals surface area (Å²) in [5.41, 5.74) is 1.94. The number of nitrogens with one attached hydrogen (secondary N) is 1. The maximum atomic E-state index is 12.4. The van der Waals surface area contributed by atoms with Gasteiger partial charge < -0.3 is 10.5 Å². The minimum Gasteiger partial charge on any atom is -0.711 e. The lowest BCUT2D eigenvalue weighted by atomic mass is 10.2. The molecule has 0 atom stereocenters. The van der Waals surface area contributed by atoms with Crippen molar-refractivity contribution in [2.24, 2.45) is 0 Å². The number of carbonyl (C=O) groups excluding carboxylic acids is 1. The van der Waals surface area contributed by atoms with E-state index in [9.17, 15) is 10.0 Å². The molecular formula is C15H14N4O2. The Morgan fingerprint density at radius 3 is 3.00 bits per heavy atom. The van der Waals surface area contributed by atoms with Gasteiger partial charge in [-0.2, -0.15) is 0 Å². The van der Waals surface area contributed by atoms with Crippen LogP contribution in [0.15, 0.2) is 30.6 Å². The summed E-state index contributed by atoms with van der Waals surface area (Å²) < 4.78 is 0.810. The van der Waals surface area contributed by atoms with Crippen LogP contribution < -0.4 is 14.9 Å². The van der Waals surface area contributed by atoms with E-state index in [0.29, 0.717) is 22.9 Å². The van der Waals surface area contributed by atoms with Crippen molar-refractivity contribution in [1.29, 1.82) is 0 Å². The van der Waals surface area contributed by atoms with E-state index in [-0.39, 0.29) is 11.9 Å². The highest BCUT2D eigenvalue weighted by molar-refractivity contribution is 6.11. The van der Waals surface area contributed by atoms with Crippen LogP contribution in [-0.2, 0) is 0 Å². The molecule has 0 aromatic carbocycles. The molecule has 4 rings (SSSR count). The number of rotatable bonds is 1. The molecule has 1 saturated carbocycles. The van der Waals surface area contributed by atoms with Crippen LogP contribution in [0.3, 0.4) is 0 Å². The van der Waals surface area contributed by atoms with E-state index in [1.165, 1.54) is 6.20 Å². The van der Waals surface area contributed by atoms with Crippen molar-refractivity contribution >= 4 is 23.2 Å². The smallest absolute Gasteiger partial charge is 0.310 e. The van der Waals surface area contributed by atoms with Gasteiger partial charge in [-0.05, 0) is 43.5 Å². The molecule has 2 aliphatic rings. The van der Waals surface area contributed by atoms with Crippen LogP contribution in [0.5, 0.6) is 0 Å². The Balaban J connectivity index is 2.04. The molecule has 2 aromatic heterocycles. The molecule has 1 N–H and O–H groups in total. The van der Waals surface area contributed by atoms with Gasteiger partial charge in [0.25, 0.3) is 5.91 Å². The second-order valence-electron chi connectivity index (χ2n) is 5.45. The molecule has 0 unspecified atom stereocenters. The van der Waals surface area contributed by atoms with Crippen molar-refractivity contribution < 1.29 is 9.52 Å². The van der Waals surface area contributed by atoms with Gasteiger partial charge in [0, 0.05) is 6.20 Å². The number of nitrogens with zero attached hydrogens (tertiary/aromatic N) is 3. The number of hydrogen-bond acceptors (Lipinski definition) is 4. The van der Waals surface area contributed by atoms with Gasteiger partial charge in [-0.1, -0.05) is 0 Å². The molecule has 6 nitrogen and oxygen atoms in total. The normalized spacial score (nSPS) is 16.8. The molecule has 2 aromatic rings. The van der Waals surface area contributed by atoms with E-state index >= 15 is 0 Å². The lowest BCUT2D eigenvalue weighted by molar-refractivity contribution is -0.591. The zero-order valence-corrected chi connectivity index (χ0v) is 11.5. The van der Waals surface area contributed by atoms with Gasteiger partial charge >= 0.3 is 5.82 Å². The average Bonchev–Trinajstić information content (AvgIpc) is 3.31. The van der Waals surface area contributed by atoms with Gasteiger partial charge in [-0.3, -0.25) is 4.79 Å². The minimum absolute atomic E-state index is 0.225. The highest BCUT2D eigenvalue weighted by Crippen LogP contribution is 2.42. The molecule has 0 spiro atoms. The van der Waals surface area contributed by atoms with Crippen molar-refractivity contribution in [2.75, 3.05) is 10.2 Å². The lowest BCUT2D eigenvalue weighted by Gasteiger charge is -2.21. The molecule has 1 fully saturated rings. The fraction of sp³-hybridized carbons (Fsp3) is 0.267. The first-order valence-corrected chi connectivity index (χ1v) is 6.95. The third-order valence-electron chi connectivity index (χ3n) is 3.92. The van der Waals surface area contributed by atoms with Crippen LogP contribution >= 0.6 is 0 Å². The van der Waals surface area contributed by atoms with Crippen molar-refractivity contribution in [3.8, 4) is 0 Å². The molecule has 0 bridgehead atoms. The van der Waals surface area contributed by atoms with E-state index in [1.807, 2.05) is 11.8 Å². The summed E-state index contributed by atoms with van der Waals surface area (Å²) in [4.78, 5) is 18.7. The Labute approximate surface area is 121 Å². The summed E-state index contributed by atoms with van der Waals surface area (Å²) in [6.45, 7) is 1.88. The van der Waals surface area contributed by atoms with E-state index in [0.717, 1.165) is 23.1 Å². The highest BCUT2D eigenvalue weighted by Gasteiger charge is 2.44. The predicted octanol–water partition coefficient (Wildman–Crippen LogP) is 1.89. The Kier molecular flexibility index (Phi) is 2.42. The van der Waals surface area contributed by atoms with Gasteiger partial charge in [-0.25, -0.2) is 14.6 Å². The Morgan fingerprint density at radius 2 is 2.24 bits per heavy atom. The number of pyridine rings is 2. The summed E-state index contributed by atoms with van der Waals surface area (Å²) in [5.74, 6) is 0.798. The van der Waals surface area contributed by atoms with Crippen molar-refractivity contribution in [3.05, 3.63) is 46.9 Å². The molecular weight excluding hydrogens is 268 g/mol. The van der Waals surface area contributed by atoms with E-state index in [1.54, 1.807) is 24.4 Å². The third-order valence-corrected chi connectivity index (χ3v) is 3.92. The minimum atomic E-state index is -0.225. The van der Waals surface area contributed by atoms with Crippen LogP contribution in [0.2, 0.25) is 0 Å². The molecule has 6 heteroatoms. The highest BCUT2D eigenvalue weighted by atomic mass is 16.5. The molecule has 21 heavy (non-hydrogen) atoms. The second-order valence-corrected chi connectivity index (χ2v) is 5.45. The van der Waals surface area contributed by atoms with Crippen LogP contribution in [0.25, 0.3) is 0 Å². The maximum absolute atomic E-state index is 12.4. The number of fused-ring (bicyclic) bond motifs is 2. The fourth-order valence-corrected chi connectivity index (χ4v) is 2.73. The Morgan fingerprint density at radius 1 is 1.43 bits per heavy atom. The lowest BCUT2D eigenvalue weighted by Crippen LogP contribution is -2.37. The second kappa shape index (κ2) is 4.18. The number of amides is 1. The zero-order chi connectivity index (χ0) is 14.6. The topological polar surface area (TPSA) is 72.2 Å². The number of carbonyl (C=O) groups is 1. The number of aromatic nitrogens is 2. The van der Waals surface area contributed by atoms with Crippen molar-refractivity contribution in [1.82, 2.24) is 4.98 Å². The van der Waals surface area contributed by atoms with E-state index in [2.05, 4.69) is 10.3 Å². The van der Waals surface area contributed by atoms with Gasteiger partial charge in [-0.15, -0.1) is 0 Å². The van der Waals surface area contributed by atoms with Crippen LogP contribution in [0.4, 0.5) is 17.3 Å².